The molecule has 4 aromatic rings. The first-order chi connectivity index (χ1) is 15.6. The van der Waals surface area contributed by atoms with Crippen LogP contribution in [0, 0.1) is 0 Å². The Balaban J connectivity index is 1.40. The number of carbonyl (C=O) groups is 1. The molecule has 1 amide bonds. The van der Waals surface area contributed by atoms with Crippen LogP contribution in [-0.2, 0) is 6.42 Å². The number of anilines is 3. The van der Waals surface area contributed by atoms with Gasteiger partial charge in [-0.3, -0.25) is 4.79 Å². The van der Waals surface area contributed by atoms with Crippen LogP contribution in [0.4, 0.5) is 17.3 Å². The van der Waals surface area contributed by atoms with Crippen LogP contribution >= 0.6 is 0 Å². The van der Waals surface area contributed by atoms with E-state index < -0.39 is 0 Å². The molecule has 1 aromatic carbocycles. The van der Waals surface area contributed by atoms with Crippen LogP contribution in [0.5, 0.6) is 11.6 Å². The number of pyridine rings is 2. The molecule has 8 nitrogen and oxygen atoms in total. The number of benzene rings is 1. The quantitative estimate of drug-likeness (QED) is 0.497. The van der Waals surface area contributed by atoms with Gasteiger partial charge in [0.25, 0.3) is 5.91 Å². The van der Waals surface area contributed by atoms with Gasteiger partial charge >= 0.3 is 0 Å². The maximum Gasteiger partial charge on any atom is 0.261 e. The van der Waals surface area contributed by atoms with Crippen molar-refractivity contribution in [1.29, 1.82) is 0 Å². The van der Waals surface area contributed by atoms with E-state index in [4.69, 9.17) is 4.74 Å². The van der Waals surface area contributed by atoms with Gasteiger partial charge in [-0.25, -0.2) is 9.97 Å². The van der Waals surface area contributed by atoms with Crippen LogP contribution in [0.1, 0.15) is 22.8 Å². The molecule has 0 spiro atoms. The number of nitrogens with zero attached hydrogens (tertiary/aromatic N) is 4. The second-order valence-corrected chi connectivity index (χ2v) is 7.62. The Bertz CT molecular complexity index is 1320. The number of hydrogen-bond acceptors (Lipinski definition) is 6. The topological polar surface area (TPSA) is 94.6 Å². The molecule has 0 aliphatic carbocycles. The van der Waals surface area contributed by atoms with Crippen LogP contribution in [0.2, 0.25) is 0 Å². The van der Waals surface area contributed by atoms with Crippen molar-refractivity contribution in [3.8, 4) is 11.6 Å². The fourth-order valence-corrected chi connectivity index (χ4v) is 4.08. The van der Waals surface area contributed by atoms with Gasteiger partial charge in [-0.15, -0.1) is 0 Å². The third-order valence-corrected chi connectivity index (χ3v) is 5.74. The number of aromatic amines is 1. The van der Waals surface area contributed by atoms with Crippen LogP contribution < -0.4 is 14.5 Å². The van der Waals surface area contributed by atoms with Crippen molar-refractivity contribution < 1.29 is 14.6 Å². The first-order valence-corrected chi connectivity index (χ1v) is 10.5. The van der Waals surface area contributed by atoms with Crippen molar-refractivity contribution in [3.05, 3.63) is 66.1 Å². The first kappa shape index (κ1) is 19.9. The Morgan fingerprint density at radius 2 is 2.00 bits per heavy atom. The van der Waals surface area contributed by atoms with Gasteiger partial charge in [0.2, 0.25) is 0 Å². The molecule has 0 radical (unpaired) electrons. The standard InChI is InChI=1S/C24H23N5O3/c1-3-29-21-17(24(31)28(2)19-7-5-10-25-22(19)29)12-15(13-26-21)9-11-32-20-8-4-6-16-18(20)14-27-23(16)30/h4-8,10,12-14,27,30H,3,9,11H2,1-2H3. The normalized spacial score (nSPS) is 13.1. The zero-order valence-corrected chi connectivity index (χ0v) is 17.9. The molecule has 3 aromatic heterocycles. The molecule has 162 valence electrons. The number of nitrogens with one attached hydrogen (secondary N) is 1. The molecule has 4 heterocycles. The van der Waals surface area contributed by atoms with Gasteiger partial charge in [0.1, 0.15) is 11.6 Å². The van der Waals surface area contributed by atoms with Gasteiger partial charge < -0.3 is 24.6 Å². The lowest BCUT2D eigenvalue weighted by atomic mass is 10.1. The van der Waals surface area contributed by atoms with E-state index in [2.05, 4.69) is 15.0 Å². The second-order valence-electron chi connectivity index (χ2n) is 7.62. The van der Waals surface area contributed by atoms with Crippen molar-refractivity contribution in [1.82, 2.24) is 15.0 Å². The van der Waals surface area contributed by atoms with E-state index >= 15 is 0 Å². The number of aromatic hydroxyl groups is 1. The number of rotatable bonds is 5. The van der Waals surface area contributed by atoms with Gasteiger partial charge in [0, 0.05) is 49.4 Å². The summed E-state index contributed by atoms with van der Waals surface area (Å²) in [6.07, 6.45) is 5.82. The van der Waals surface area contributed by atoms with Crippen LogP contribution in [-0.4, -0.2) is 46.2 Å². The van der Waals surface area contributed by atoms with Crippen molar-refractivity contribution in [2.45, 2.75) is 13.3 Å². The molecule has 8 heteroatoms. The van der Waals surface area contributed by atoms with Gasteiger partial charge in [-0.2, -0.15) is 0 Å². The summed E-state index contributed by atoms with van der Waals surface area (Å²) in [6, 6.07) is 11.2. The summed E-state index contributed by atoms with van der Waals surface area (Å²) in [4.78, 5) is 28.8. The Morgan fingerprint density at radius 3 is 2.84 bits per heavy atom. The molecule has 0 saturated heterocycles. The third kappa shape index (κ3) is 3.20. The highest BCUT2D eigenvalue weighted by Crippen LogP contribution is 2.37. The number of amides is 1. The minimum atomic E-state index is -0.118. The lowest BCUT2D eigenvalue weighted by Gasteiger charge is -2.22. The summed E-state index contributed by atoms with van der Waals surface area (Å²) in [7, 11) is 1.76. The van der Waals surface area contributed by atoms with Crippen LogP contribution in [0.3, 0.4) is 0 Å². The first-order valence-electron chi connectivity index (χ1n) is 10.5. The average molecular weight is 429 g/mol. The molecule has 0 bridgehead atoms. The van der Waals surface area contributed by atoms with Gasteiger partial charge in [0.05, 0.1) is 17.9 Å². The van der Waals surface area contributed by atoms with Crippen molar-refractivity contribution in [2.75, 3.05) is 30.0 Å². The zero-order chi connectivity index (χ0) is 22.2. The van der Waals surface area contributed by atoms with E-state index in [1.807, 2.05) is 48.2 Å². The maximum absolute atomic E-state index is 13.2. The largest absolute Gasteiger partial charge is 0.494 e. The van der Waals surface area contributed by atoms with Crippen molar-refractivity contribution in [2.24, 2.45) is 0 Å². The summed E-state index contributed by atoms with van der Waals surface area (Å²) in [6.45, 7) is 3.07. The highest BCUT2D eigenvalue weighted by molar-refractivity contribution is 6.12. The monoisotopic (exact) mass is 429 g/mol. The number of hydrogen-bond donors (Lipinski definition) is 2. The third-order valence-electron chi connectivity index (χ3n) is 5.74. The number of carbonyl (C=O) groups excluding carboxylic acids is 1. The molecular formula is C24H23N5O3. The van der Waals surface area contributed by atoms with Gasteiger partial charge in [0.15, 0.2) is 11.7 Å². The Kier molecular flexibility index (Phi) is 4.89. The summed E-state index contributed by atoms with van der Waals surface area (Å²) in [5, 5.41) is 11.4. The number of fused-ring (bicyclic) bond motifs is 3. The molecule has 5 rings (SSSR count). The predicted octanol–water partition coefficient (Wildman–Crippen LogP) is 4.03. The molecule has 2 N–H and O–H groups in total. The maximum atomic E-state index is 13.2. The smallest absolute Gasteiger partial charge is 0.261 e. The van der Waals surface area contributed by atoms with E-state index in [-0.39, 0.29) is 11.8 Å². The van der Waals surface area contributed by atoms with Crippen LogP contribution in [0.15, 0.2) is 55.0 Å². The average Bonchev–Trinajstić information content (AvgIpc) is 3.17. The SMILES string of the molecule is CCN1c2ncc(CCOc3cccc4c(O)[nH]cc34)cc2C(=O)N(C)c2cccnc21. The molecule has 0 fully saturated rings. The number of H-pyrrole nitrogens is 1. The van der Waals surface area contributed by atoms with E-state index in [0.717, 1.165) is 27.8 Å². The van der Waals surface area contributed by atoms with Crippen molar-refractivity contribution >= 4 is 34.0 Å². The number of ether oxygens (including phenoxy) is 1. The fourth-order valence-electron chi connectivity index (χ4n) is 4.08. The number of aromatic nitrogens is 3. The molecule has 0 saturated carbocycles. The molecule has 1 aliphatic rings. The minimum Gasteiger partial charge on any atom is -0.494 e. The lowest BCUT2D eigenvalue weighted by molar-refractivity contribution is 0.0994. The Morgan fingerprint density at radius 1 is 1.12 bits per heavy atom. The lowest BCUT2D eigenvalue weighted by Crippen LogP contribution is -2.25. The Hall–Kier alpha value is -4.07. The van der Waals surface area contributed by atoms with Crippen molar-refractivity contribution in [3.63, 3.8) is 0 Å². The highest BCUT2D eigenvalue weighted by atomic mass is 16.5. The summed E-state index contributed by atoms with van der Waals surface area (Å²) in [5.41, 5.74) is 2.21. The summed E-state index contributed by atoms with van der Waals surface area (Å²) >= 11 is 0. The molecule has 1 aliphatic heterocycles. The van der Waals surface area contributed by atoms with Crippen LogP contribution in [0.25, 0.3) is 10.8 Å². The second kappa shape index (κ2) is 7.88. The summed E-state index contributed by atoms with van der Waals surface area (Å²) < 4.78 is 5.97. The molecule has 32 heavy (non-hydrogen) atoms. The zero-order valence-electron chi connectivity index (χ0n) is 17.9. The van der Waals surface area contributed by atoms with E-state index in [1.165, 1.54) is 0 Å². The van der Waals surface area contributed by atoms with Gasteiger partial charge in [-0.1, -0.05) is 6.07 Å². The molecular weight excluding hydrogens is 406 g/mol. The predicted molar refractivity (Wildman–Crippen MR) is 123 cm³/mol. The molecule has 0 unspecified atom stereocenters. The van der Waals surface area contributed by atoms with E-state index in [9.17, 15) is 9.90 Å². The highest BCUT2D eigenvalue weighted by Gasteiger charge is 2.30. The minimum absolute atomic E-state index is 0.118. The Labute approximate surface area is 185 Å². The fraction of sp³-hybridized carbons (Fsp3) is 0.208. The summed E-state index contributed by atoms with van der Waals surface area (Å²) in [5.74, 6) is 2.03. The van der Waals surface area contributed by atoms with Gasteiger partial charge in [-0.05, 0) is 42.8 Å². The van der Waals surface area contributed by atoms with E-state index in [1.54, 1.807) is 30.5 Å². The molecule has 0 atom stereocenters. The van der Waals surface area contributed by atoms with E-state index in [0.29, 0.717) is 36.7 Å².